The molecule has 1 aliphatic rings. The van der Waals surface area contributed by atoms with Crippen molar-refractivity contribution in [1.82, 2.24) is 0 Å². The van der Waals surface area contributed by atoms with Crippen LogP contribution in [-0.4, -0.2) is 23.5 Å². The van der Waals surface area contributed by atoms with Gasteiger partial charge in [-0.15, -0.1) is 0 Å². The third-order valence-corrected chi connectivity index (χ3v) is 9.98. The number of ketones is 2. The first kappa shape index (κ1) is 42.3. The van der Waals surface area contributed by atoms with Gasteiger partial charge in [-0.05, 0) is 12.8 Å². The molecule has 6 heteroatoms. The van der Waals surface area contributed by atoms with Gasteiger partial charge < -0.3 is 0 Å². The molecule has 0 spiro atoms. The van der Waals surface area contributed by atoms with E-state index in [1.165, 1.54) is 141 Å². The molecule has 268 valence electrons. The molecule has 0 heterocycles. The van der Waals surface area contributed by atoms with Gasteiger partial charge in [-0.3, -0.25) is 9.59 Å². The largest absolute Gasteiger partial charge is 0.376 e. The smallest absolute Gasteiger partial charge is 0.298 e. The van der Waals surface area contributed by atoms with Gasteiger partial charge >= 0.3 is 11.9 Å². The van der Waals surface area contributed by atoms with Gasteiger partial charge in [0.15, 0.2) is 17.0 Å². The third-order valence-electron chi connectivity index (χ3n) is 9.98. The van der Waals surface area contributed by atoms with Crippen molar-refractivity contribution in [1.29, 1.82) is 0 Å². The summed E-state index contributed by atoms with van der Waals surface area (Å²) in [4.78, 5) is 60.2. The molecule has 0 aromatic heterocycles. The van der Waals surface area contributed by atoms with Crippen LogP contribution < -0.4 is 0 Å². The van der Waals surface area contributed by atoms with Gasteiger partial charge in [0.25, 0.3) is 0 Å². The predicted molar refractivity (Wildman–Crippen MR) is 188 cm³/mol. The minimum absolute atomic E-state index is 0.0552. The highest BCUT2D eigenvalue weighted by Crippen LogP contribution is 2.38. The van der Waals surface area contributed by atoms with Crippen molar-refractivity contribution in [2.45, 2.75) is 226 Å². The molecule has 1 rings (SSSR count). The molecule has 0 saturated heterocycles. The lowest BCUT2D eigenvalue weighted by atomic mass is 9.79. The van der Waals surface area contributed by atoms with Crippen LogP contribution in [0.5, 0.6) is 0 Å². The number of carbonyl (C=O) groups is 4. The Bertz CT molecular complexity index is 775. The molecule has 0 unspecified atom stereocenters. The van der Waals surface area contributed by atoms with Gasteiger partial charge in [-0.25, -0.2) is 19.4 Å². The molecule has 1 saturated carbocycles. The average Bonchev–Trinajstić information content (AvgIpc) is 3.34. The number of unbranched alkanes of at least 4 members (excludes halogenated alkanes) is 27. The van der Waals surface area contributed by atoms with Crippen LogP contribution >= 0.6 is 0 Å². The monoisotopic (exact) mass is 649 g/mol. The molecule has 0 aromatic rings. The summed E-state index contributed by atoms with van der Waals surface area (Å²) in [5, 5.41) is 0. The van der Waals surface area contributed by atoms with Crippen molar-refractivity contribution in [2.24, 2.45) is 5.41 Å². The van der Waals surface area contributed by atoms with Gasteiger partial charge in [-0.1, -0.05) is 194 Å². The standard InChI is InChI=1S/C40H72O6/c1-3-5-7-9-11-13-15-17-19-20-22-24-26-28-30-32-38(43)45-46-39(44)40(36(41)33-34-37(40)42)35-31-29-27-25-23-21-18-16-14-12-10-8-6-4-2/h3-35H2,1-2H3. The Labute approximate surface area is 283 Å². The van der Waals surface area contributed by atoms with E-state index in [-0.39, 0.29) is 25.7 Å². The van der Waals surface area contributed by atoms with Crippen LogP contribution in [0.4, 0.5) is 0 Å². The van der Waals surface area contributed by atoms with E-state index in [0.717, 1.165) is 32.1 Å². The quantitative estimate of drug-likeness (QED) is 0.0312. The minimum atomic E-state index is -1.79. The molecule has 6 nitrogen and oxygen atoms in total. The minimum Gasteiger partial charge on any atom is -0.298 e. The van der Waals surface area contributed by atoms with Gasteiger partial charge in [0.1, 0.15) is 0 Å². The van der Waals surface area contributed by atoms with E-state index in [2.05, 4.69) is 13.8 Å². The summed E-state index contributed by atoms with van der Waals surface area (Å²) in [7, 11) is 0. The lowest BCUT2D eigenvalue weighted by Gasteiger charge is -2.22. The topological polar surface area (TPSA) is 86.7 Å². The molecule has 0 N–H and O–H groups in total. The van der Waals surface area contributed by atoms with Gasteiger partial charge in [0.2, 0.25) is 0 Å². The third kappa shape index (κ3) is 19.8. The molecule has 0 amide bonds. The van der Waals surface area contributed by atoms with Crippen LogP contribution in [0.3, 0.4) is 0 Å². The summed E-state index contributed by atoms with van der Waals surface area (Å²) in [6.07, 6.45) is 35.9. The van der Waals surface area contributed by atoms with Crippen LogP contribution in [0.2, 0.25) is 0 Å². The molecule has 1 aliphatic carbocycles. The van der Waals surface area contributed by atoms with Crippen LogP contribution in [0.15, 0.2) is 0 Å². The van der Waals surface area contributed by atoms with Gasteiger partial charge in [0, 0.05) is 12.8 Å². The van der Waals surface area contributed by atoms with Crippen molar-refractivity contribution < 1.29 is 29.0 Å². The second-order valence-electron chi connectivity index (χ2n) is 14.1. The SMILES string of the molecule is CCCCCCCCCCCCCCCCCC(=O)OOC(=O)C1(CCCCCCCCCCCCCCCC)C(=O)CCC1=O. The van der Waals surface area contributed by atoms with Crippen molar-refractivity contribution in [3.63, 3.8) is 0 Å². The fourth-order valence-electron chi connectivity index (χ4n) is 6.84. The number of carbonyl (C=O) groups excluding carboxylic acids is 4. The van der Waals surface area contributed by atoms with Crippen molar-refractivity contribution in [3.8, 4) is 0 Å². The molecule has 0 aromatic carbocycles. The highest BCUT2D eigenvalue weighted by molar-refractivity contribution is 6.26. The molecular weight excluding hydrogens is 576 g/mol. The van der Waals surface area contributed by atoms with E-state index in [1.807, 2.05) is 0 Å². The first-order valence-electron chi connectivity index (χ1n) is 20.0. The lowest BCUT2D eigenvalue weighted by molar-refractivity contribution is -0.264. The second kappa shape index (κ2) is 29.4. The summed E-state index contributed by atoms with van der Waals surface area (Å²) in [5.74, 6) is -2.40. The zero-order chi connectivity index (χ0) is 33.6. The summed E-state index contributed by atoms with van der Waals surface area (Å²) in [6, 6.07) is 0. The fraction of sp³-hybridized carbons (Fsp3) is 0.900. The highest BCUT2D eigenvalue weighted by atomic mass is 17.2. The van der Waals surface area contributed by atoms with E-state index in [0.29, 0.717) is 12.8 Å². The van der Waals surface area contributed by atoms with E-state index >= 15 is 0 Å². The Morgan fingerprint density at radius 1 is 0.457 bits per heavy atom. The predicted octanol–water partition coefficient (Wildman–Crippen LogP) is 12.0. The number of rotatable bonds is 32. The Hall–Kier alpha value is -1.72. The molecule has 46 heavy (non-hydrogen) atoms. The van der Waals surface area contributed by atoms with Crippen LogP contribution in [0, 0.1) is 5.41 Å². The molecule has 0 radical (unpaired) electrons. The fourth-order valence-corrected chi connectivity index (χ4v) is 6.84. The first-order chi connectivity index (χ1) is 22.5. The van der Waals surface area contributed by atoms with E-state index in [1.54, 1.807) is 0 Å². The van der Waals surface area contributed by atoms with E-state index in [9.17, 15) is 19.2 Å². The Morgan fingerprint density at radius 2 is 0.761 bits per heavy atom. The summed E-state index contributed by atoms with van der Waals surface area (Å²) in [6.45, 7) is 4.51. The average molecular weight is 649 g/mol. The Kier molecular flexibility index (Phi) is 27.1. The second-order valence-corrected chi connectivity index (χ2v) is 14.1. The van der Waals surface area contributed by atoms with Gasteiger partial charge in [-0.2, -0.15) is 0 Å². The van der Waals surface area contributed by atoms with Crippen LogP contribution in [-0.2, 0) is 29.0 Å². The maximum absolute atomic E-state index is 12.9. The van der Waals surface area contributed by atoms with Crippen LogP contribution in [0.25, 0.3) is 0 Å². The summed E-state index contributed by atoms with van der Waals surface area (Å²) >= 11 is 0. The molecule has 0 aliphatic heterocycles. The van der Waals surface area contributed by atoms with Crippen molar-refractivity contribution in [2.75, 3.05) is 0 Å². The lowest BCUT2D eigenvalue weighted by Crippen LogP contribution is -2.43. The highest BCUT2D eigenvalue weighted by Gasteiger charge is 2.57. The normalized spacial score (nSPS) is 14.2. The molecule has 0 atom stereocenters. The van der Waals surface area contributed by atoms with E-state index < -0.39 is 28.9 Å². The molecule has 1 fully saturated rings. The van der Waals surface area contributed by atoms with Gasteiger partial charge in [0.05, 0.1) is 6.42 Å². The van der Waals surface area contributed by atoms with Crippen LogP contribution in [0.1, 0.15) is 226 Å². The summed E-state index contributed by atoms with van der Waals surface area (Å²) < 4.78 is 0. The number of hydrogen-bond acceptors (Lipinski definition) is 6. The number of Topliss-reactive ketones (excluding diaryl/α,β-unsaturated/α-hetero) is 2. The maximum Gasteiger partial charge on any atom is 0.376 e. The number of hydrogen-bond donors (Lipinski definition) is 0. The Morgan fingerprint density at radius 3 is 1.11 bits per heavy atom. The molecular formula is C40H72O6. The Balaban J connectivity index is 2.11. The zero-order valence-electron chi connectivity index (χ0n) is 30.3. The van der Waals surface area contributed by atoms with E-state index in [4.69, 9.17) is 9.78 Å². The zero-order valence-corrected chi connectivity index (χ0v) is 30.3. The first-order valence-corrected chi connectivity index (χ1v) is 20.0. The molecule has 0 bridgehead atoms. The maximum atomic E-state index is 12.9. The van der Waals surface area contributed by atoms with Crippen molar-refractivity contribution >= 4 is 23.5 Å². The summed E-state index contributed by atoms with van der Waals surface area (Å²) in [5.41, 5.74) is -1.79. The van der Waals surface area contributed by atoms with Crippen molar-refractivity contribution in [3.05, 3.63) is 0 Å².